The average Bonchev–Trinajstić information content (AvgIpc) is 2.62. The Balaban J connectivity index is 1.79. The van der Waals surface area contributed by atoms with Gasteiger partial charge in [0.15, 0.2) is 0 Å². The van der Waals surface area contributed by atoms with Crippen molar-refractivity contribution >= 4 is 17.5 Å². The van der Waals surface area contributed by atoms with E-state index in [1.54, 1.807) is 19.1 Å². The molecule has 26 heavy (non-hydrogen) atoms. The monoisotopic (exact) mass is 350 g/mol. The summed E-state index contributed by atoms with van der Waals surface area (Å²) in [5.41, 5.74) is 2.41. The van der Waals surface area contributed by atoms with Crippen LogP contribution in [-0.4, -0.2) is 22.9 Å². The normalized spacial score (nSPS) is 10.4. The molecule has 1 aromatic heterocycles. The van der Waals surface area contributed by atoms with E-state index in [0.29, 0.717) is 23.9 Å². The van der Waals surface area contributed by atoms with Crippen LogP contribution in [-0.2, 0) is 6.54 Å². The zero-order valence-electron chi connectivity index (χ0n) is 14.6. The third kappa shape index (κ3) is 4.42. The number of carbonyl (C=O) groups is 1. The van der Waals surface area contributed by atoms with Crippen LogP contribution in [0.4, 0.5) is 16.0 Å². The van der Waals surface area contributed by atoms with Gasteiger partial charge in [0.1, 0.15) is 11.5 Å². The number of amides is 1. The Morgan fingerprint density at radius 3 is 2.58 bits per heavy atom. The number of aromatic nitrogens is 2. The van der Waals surface area contributed by atoms with E-state index in [1.165, 1.54) is 18.2 Å². The van der Waals surface area contributed by atoms with Gasteiger partial charge in [0.2, 0.25) is 5.95 Å². The highest BCUT2D eigenvalue weighted by Crippen LogP contribution is 2.15. The van der Waals surface area contributed by atoms with Crippen LogP contribution >= 0.6 is 0 Å². The maximum Gasteiger partial charge on any atom is 0.274 e. The second kappa shape index (κ2) is 7.74. The Labute approximate surface area is 151 Å². The van der Waals surface area contributed by atoms with Crippen LogP contribution in [0.1, 0.15) is 21.7 Å². The molecule has 1 amide bonds. The molecule has 5 nitrogen and oxygen atoms in total. The van der Waals surface area contributed by atoms with Gasteiger partial charge in [-0.15, -0.1) is 0 Å². The van der Waals surface area contributed by atoms with Gasteiger partial charge in [0, 0.05) is 25.0 Å². The minimum Gasteiger partial charge on any atom is -0.340 e. The van der Waals surface area contributed by atoms with Crippen molar-refractivity contribution in [1.82, 2.24) is 9.97 Å². The largest absolute Gasteiger partial charge is 0.340 e. The molecule has 0 radical (unpaired) electrons. The Bertz CT molecular complexity index is 915. The molecule has 0 fully saturated rings. The standard InChI is InChI=1S/C20H19FN4O/c1-14-11-18(19(26)23-17-10-6-9-16(21)12-17)24-20(22-14)25(2)13-15-7-4-3-5-8-15/h3-12H,13H2,1-2H3,(H,23,26). The highest BCUT2D eigenvalue weighted by atomic mass is 19.1. The number of nitrogens with zero attached hydrogens (tertiary/aromatic N) is 3. The molecule has 0 aliphatic rings. The summed E-state index contributed by atoms with van der Waals surface area (Å²) in [4.78, 5) is 23.1. The number of benzene rings is 2. The van der Waals surface area contributed by atoms with E-state index in [1.807, 2.05) is 42.3 Å². The van der Waals surface area contributed by atoms with Crippen molar-refractivity contribution in [3.63, 3.8) is 0 Å². The van der Waals surface area contributed by atoms with Gasteiger partial charge in [-0.25, -0.2) is 14.4 Å². The summed E-state index contributed by atoms with van der Waals surface area (Å²) in [6.07, 6.45) is 0. The summed E-state index contributed by atoms with van der Waals surface area (Å²) in [7, 11) is 1.87. The van der Waals surface area contributed by atoms with Gasteiger partial charge in [0.05, 0.1) is 0 Å². The highest BCUT2D eigenvalue weighted by Gasteiger charge is 2.14. The molecule has 0 saturated heterocycles. The van der Waals surface area contributed by atoms with Crippen molar-refractivity contribution < 1.29 is 9.18 Å². The summed E-state index contributed by atoms with van der Waals surface area (Å²) in [5, 5.41) is 2.65. The lowest BCUT2D eigenvalue weighted by Crippen LogP contribution is -2.22. The first-order chi connectivity index (χ1) is 12.5. The topological polar surface area (TPSA) is 58.1 Å². The molecule has 0 spiro atoms. The molecular formula is C20H19FN4O. The van der Waals surface area contributed by atoms with Crippen LogP contribution in [0.15, 0.2) is 60.7 Å². The lowest BCUT2D eigenvalue weighted by atomic mass is 10.2. The molecule has 6 heteroatoms. The predicted octanol–water partition coefficient (Wildman–Crippen LogP) is 3.81. The van der Waals surface area contributed by atoms with Crippen molar-refractivity contribution in [3.8, 4) is 0 Å². The van der Waals surface area contributed by atoms with Gasteiger partial charge in [-0.05, 0) is 36.8 Å². The van der Waals surface area contributed by atoms with E-state index < -0.39 is 11.7 Å². The fraction of sp³-hybridized carbons (Fsp3) is 0.150. The lowest BCUT2D eigenvalue weighted by Gasteiger charge is -2.18. The fourth-order valence-electron chi connectivity index (χ4n) is 2.53. The second-order valence-electron chi connectivity index (χ2n) is 6.00. The summed E-state index contributed by atoms with van der Waals surface area (Å²) < 4.78 is 13.3. The minimum absolute atomic E-state index is 0.233. The second-order valence-corrected chi connectivity index (χ2v) is 6.00. The van der Waals surface area contributed by atoms with Crippen molar-refractivity contribution in [2.45, 2.75) is 13.5 Å². The maximum absolute atomic E-state index is 13.3. The molecule has 3 rings (SSSR count). The van der Waals surface area contributed by atoms with Crippen molar-refractivity contribution in [1.29, 1.82) is 0 Å². The molecule has 1 N–H and O–H groups in total. The Morgan fingerprint density at radius 1 is 1.08 bits per heavy atom. The van der Waals surface area contributed by atoms with Crippen molar-refractivity contribution in [2.24, 2.45) is 0 Å². The number of carbonyl (C=O) groups excluding carboxylic acids is 1. The van der Waals surface area contributed by atoms with Gasteiger partial charge >= 0.3 is 0 Å². The van der Waals surface area contributed by atoms with Gasteiger partial charge in [0.25, 0.3) is 5.91 Å². The first kappa shape index (κ1) is 17.5. The molecule has 0 unspecified atom stereocenters. The van der Waals surface area contributed by atoms with E-state index >= 15 is 0 Å². The number of halogens is 1. The van der Waals surface area contributed by atoms with Crippen LogP contribution in [0, 0.1) is 12.7 Å². The summed E-state index contributed by atoms with van der Waals surface area (Å²) in [6.45, 7) is 2.43. The quantitative estimate of drug-likeness (QED) is 0.760. The number of anilines is 2. The molecular weight excluding hydrogens is 331 g/mol. The molecule has 0 atom stereocenters. The predicted molar refractivity (Wildman–Crippen MR) is 99.7 cm³/mol. The Kier molecular flexibility index (Phi) is 5.22. The third-order valence-electron chi connectivity index (χ3n) is 3.76. The highest BCUT2D eigenvalue weighted by molar-refractivity contribution is 6.03. The Hall–Kier alpha value is -3.28. The molecule has 0 bridgehead atoms. The summed E-state index contributed by atoms with van der Waals surface area (Å²) >= 11 is 0. The first-order valence-electron chi connectivity index (χ1n) is 8.19. The molecule has 132 valence electrons. The maximum atomic E-state index is 13.3. The molecule has 0 aliphatic heterocycles. The molecule has 3 aromatic rings. The van der Waals surface area contributed by atoms with Crippen LogP contribution in [0.5, 0.6) is 0 Å². The smallest absolute Gasteiger partial charge is 0.274 e. The summed E-state index contributed by atoms with van der Waals surface area (Å²) in [6, 6.07) is 17.3. The third-order valence-corrected chi connectivity index (χ3v) is 3.76. The first-order valence-corrected chi connectivity index (χ1v) is 8.19. The van der Waals surface area contributed by atoms with Gasteiger partial charge < -0.3 is 10.2 Å². The zero-order chi connectivity index (χ0) is 18.5. The van der Waals surface area contributed by atoms with Gasteiger partial charge in [-0.1, -0.05) is 36.4 Å². The van der Waals surface area contributed by atoms with E-state index in [-0.39, 0.29) is 5.69 Å². The zero-order valence-corrected chi connectivity index (χ0v) is 14.6. The van der Waals surface area contributed by atoms with Gasteiger partial charge in [-0.3, -0.25) is 4.79 Å². The van der Waals surface area contributed by atoms with Gasteiger partial charge in [-0.2, -0.15) is 0 Å². The lowest BCUT2D eigenvalue weighted by molar-refractivity contribution is 0.102. The Morgan fingerprint density at radius 2 is 1.85 bits per heavy atom. The molecule has 0 saturated carbocycles. The fourth-order valence-corrected chi connectivity index (χ4v) is 2.53. The molecule has 0 aliphatic carbocycles. The van der Waals surface area contributed by atoms with Crippen LogP contribution in [0.2, 0.25) is 0 Å². The van der Waals surface area contributed by atoms with Crippen LogP contribution in [0.3, 0.4) is 0 Å². The van der Waals surface area contributed by atoms with E-state index in [2.05, 4.69) is 15.3 Å². The minimum atomic E-state index is -0.412. The van der Waals surface area contributed by atoms with Crippen LogP contribution in [0.25, 0.3) is 0 Å². The molecule has 1 heterocycles. The number of hydrogen-bond donors (Lipinski definition) is 1. The van der Waals surface area contributed by atoms with E-state index in [4.69, 9.17) is 0 Å². The average molecular weight is 350 g/mol. The number of nitrogens with one attached hydrogen (secondary N) is 1. The van der Waals surface area contributed by atoms with Crippen molar-refractivity contribution in [2.75, 3.05) is 17.3 Å². The van der Waals surface area contributed by atoms with Crippen LogP contribution < -0.4 is 10.2 Å². The van der Waals surface area contributed by atoms with E-state index in [0.717, 1.165) is 5.56 Å². The number of aryl methyl sites for hydroxylation is 1. The molecule has 2 aromatic carbocycles. The summed E-state index contributed by atoms with van der Waals surface area (Å²) in [5.74, 6) is -0.362. The van der Waals surface area contributed by atoms with Crippen molar-refractivity contribution in [3.05, 3.63) is 83.4 Å². The number of hydrogen-bond acceptors (Lipinski definition) is 4. The SMILES string of the molecule is Cc1cc(C(=O)Nc2cccc(F)c2)nc(N(C)Cc2ccccc2)n1. The number of rotatable bonds is 5. The van der Waals surface area contributed by atoms with E-state index in [9.17, 15) is 9.18 Å².